The molecule has 0 aliphatic rings. The van der Waals surface area contributed by atoms with Gasteiger partial charge in [-0.2, -0.15) is 0 Å². The standard InChI is InChI=1S/C15H14Cl2FNO/c1-9-3-14(15(20-2)7-13(9)17)19-8-10-4-11(16)6-12(18)5-10/h3-7,19H,8H2,1-2H3. The van der Waals surface area contributed by atoms with Crippen molar-refractivity contribution in [3.05, 3.63) is 57.3 Å². The lowest BCUT2D eigenvalue weighted by Crippen LogP contribution is -2.02. The first-order valence-corrected chi connectivity index (χ1v) is 6.78. The Hall–Kier alpha value is -1.45. The van der Waals surface area contributed by atoms with Crippen molar-refractivity contribution in [3.63, 3.8) is 0 Å². The number of anilines is 1. The van der Waals surface area contributed by atoms with Gasteiger partial charge in [0.15, 0.2) is 0 Å². The zero-order valence-corrected chi connectivity index (χ0v) is 12.6. The second-order valence-corrected chi connectivity index (χ2v) is 5.28. The molecule has 0 amide bonds. The van der Waals surface area contributed by atoms with Crippen LogP contribution in [-0.4, -0.2) is 7.11 Å². The molecule has 0 saturated carbocycles. The van der Waals surface area contributed by atoms with Crippen molar-refractivity contribution in [3.8, 4) is 5.75 Å². The predicted octanol–water partition coefficient (Wildman–Crippen LogP) is 5.06. The van der Waals surface area contributed by atoms with Gasteiger partial charge in [0.05, 0.1) is 12.8 Å². The lowest BCUT2D eigenvalue weighted by atomic mass is 10.1. The van der Waals surface area contributed by atoms with Gasteiger partial charge in [0.25, 0.3) is 0 Å². The van der Waals surface area contributed by atoms with Crippen LogP contribution in [0.2, 0.25) is 10.0 Å². The minimum absolute atomic E-state index is 0.353. The van der Waals surface area contributed by atoms with Gasteiger partial charge in [-0.15, -0.1) is 0 Å². The first-order valence-electron chi connectivity index (χ1n) is 6.02. The largest absolute Gasteiger partial charge is 0.495 e. The molecule has 0 aliphatic heterocycles. The maximum Gasteiger partial charge on any atom is 0.143 e. The number of ether oxygens (including phenoxy) is 1. The second-order valence-electron chi connectivity index (χ2n) is 4.43. The molecule has 106 valence electrons. The molecule has 0 radical (unpaired) electrons. The van der Waals surface area contributed by atoms with Crippen LogP contribution in [0.1, 0.15) is 11.1 Å². The third-order valence-corrected chi connectivity index (χ3v) is 3.51. The van der Waals surface area contributed by atoms with Crippen LogP contribution in [0.3, 0.4) is 0 Å². The Kier molecular flexibility index (Phi) is 4.73. The first-order chi connectivity index (χ1) is 9.49. The molecular formula is C15H14Cl2FNO. The van der Waals surface area contributed by atoms with Gasteiger partial charge in [0.1, 0.15) is 11.6 Å². The average Bonchev–Trinajstić information content (AvgIpc) is 2.38. The smallest absolute Gasteiger partial charge is 0.143 e. The highest BCUT2D eigenvalue weighted by molar-refractivity contribution is 6.31. The van der Waals surface area contributed by atoms with Gasteiger partial charge >= 0.3 is 0 Å². The molecule has 0 heterocycles. The lowest BCUT2D eigenvalue weighted by molar-refractivity contribution is 0.416. The van der Waals surface area contributed by atoms with Crippen LogP contribution in [-0.2, 0) is 6.54 Å². The van der Waals surface area contributed by atoms with E-state index >= 15 is 0 Å². The summed E-state index contributed by atoms with van der Waals surface area (Å²) in [6, 6.07) is 8.07. The zero-order chi connectivity index (χ0) is 14.7. The predicted molar refractivity (Wildman–Crippen MR) is 81.5 cm³/mol. The number of rotatable bonds is 4. The van der Waals surface area contributed by atoms with Gasteiger partial charge in [-0.3, -0.25) is 0 Å². The van der Waals surface area contributed by atoms with E-state index in [1.807, 2.05) is 13.0 Å². The van der Waals surface area contributed by atoms with E-state index in [-0.39, 0.29) is 5.82 Å². The third-order valence-electron chi connectivity index (χ3n) is 2.89. The molecule has 2 rings (SSSR count). The average molecular weight is 314 g/mol. The summed E-state index contributed by atoms with van der Waals surface area (Å²) in [5.74, 6) is 0.289. The van der Waals surface area contributed by atoms with Crippen LogP contribution in [0.15, 0.2) is 30.3 Å². The molecule has 0 atom stereocenters. The third kappa shape index (κ3) is 3.56. The van der Waals surface area contributed by atoms with E-state index in [9.17, 15) is 4.39 Å². The maximum absolute atomic E-state index is 13.3. The summed E-state index contributed by atoms with van der Waals surface area (Å²) in [5.41, 5.74) is 2.49. The summed E-state index contributed by atoms with van der Waals surface area (Å²) in [7, 11) is 1.57. The Labute approximate surface area is 127 Å². The second kappa shape index (κ2) is 6.33. The van der Waals surface area contributed by atoms with Crippen molar-refractivity contribution in [2.24, 2.45) is 0 Å². The molecule has 0 aromatic heterocycles. The highest BCUT2D eigenvalue weighted by Gasteiger charge is 2.07. The molecule has 0 spiro atoms. The van der Waals surface area contributed by atoms with Crippen LogP contribution in [0, 0.1) is 12.7 Å². The van der Waals surface area contributed by atoms with Crippen molar-refractivity contribution < 1.29 is 9.13 Å². The molecule has 1 N–H and O–H groups in total. The monoisotopic (exact) mass is 313 g/mol. The van der Waals surface area contributed by atoms with Crippen molar-refractivity contribution in [2.75, 3.05) is 12.4 Å². The quantitative estimate of drug-likeness (QED) is 0.851. The Morgan fingerprint density at radius 2 is 1.90 bits per heavy atom. The number of halogens is 3. The summed E-state index contributed by atoms with van der Waals surface area (Å²) < 4.78 is 18.5. The van der Waals surface area contributed by atoms with E-state index in [1.54, 1.807) is 19.2 Å². The van der Waals surface area contributed by atoms with Crippen molar-refractivity contribution in [2.45, 2.75) is 13.5 Å². The van der Waals surface area contributed by atoms with Crippen LogP contribution < -0.4 is 10.1 Å². The molecule has 0 unspecified atom stereocenters. The SMILES string of the molecule is COc1cc(Cl)c(C)cc1NCc1cc(F)cc(Cl)c1. The number of benzene rings is 2. The van der Waals surface area contributed by atoms with E-state index < -0.39 is 0 Å². The normalized spacial score (nSPS) is 10.4. The van der Waals surface area contributed by atoms with Crippen LogP contribution in [0.4, 0.5) is 10.1 Å². The molecule has 0 aliphatic carbocycles. The Bertz CT molecular complexity index is 611. The Balaban J connectivity index is 2.20. The molecule has 0 fully saturated rings. The van der Waals surface area contributed by atoms with E-state index in [0.717, 1.165) is 16.8 Å². The number of methoxy groups -OCH3 is 1. The molecule has 0 saturated heterocycles. The number of hydrogen-bond donors (Lipinski definition) is 1. The van der Waals surface area contributed by atoms with Crippen LogP contribution in [0.25, 0.3) is 0 Å². The van der Waals surface area contributed by atoms with Gasteiger partial charge in [-0.05, 0) is 42.3 Å². The van der Waals surface area contributed by atoms with Gasteiger partial charge < -0.3 is 10.1 Å². The minimum Gasteiger partial charge on any atom is -0.495 e. The van der Waals surface area contributed by atoms with Crippen molar-refractivity contribution in [1.82, 2.24) is 0 Å². The molecular weight excluding hydrogens is 300 g/mol. The molecule has 0 bridgehead atoms. The van der Waals surface area contributed by atoms with Crippen LogP contribution >= 0.6 is 23.2 Å². The number of nitrogens with one attached hydrogen (secondary N) is 1. The van der Waals surface area contributed by atoms with Crippen molar-refractivity contribution in [1.29, 1.82) is 0 Å². The number of hydrogen-bond acceptors (Lipinski definition) is 2. The van der Waals surface area contributed by atoms with Gasteiger partial charge in [0.2, 0.25) is 0 Å². The molecule has 2 aromatic rings. The fourth-order valence-corrected chi connectivity index (χ4v) is 2.28. The van der Waals surface area contributed by atoms with Crippen LogP contribution in [0.5, 0.6) is 5.75 Å². The van der Waals surface area contributed by atoms with Gasteiger partial charge in [-0.25, -0.2) is 4.39 Å². The summed E-state index contributed by atoms with van der Waals surface area (Å²) >= 11 is 11.9. The highest BCUT2D eigenvalue weighted by Crippen LogP contribution is 2.31. The maximum atomic E-state index is 13.3. The van der Waals surface area contributed by atoms with E-state index in [2.05, 4.69) is 5.32 Å². The molecule has 5 heteroatoms. The van der Waals surface area contributed by atoms with Gasteiger partial charge in [0, 0.05) is 22.7 Å². The summed E-state index contributed by atoms with van der Waals surface area (Å²) in [6.45, 7) is 2.35. The highest BCUT2D eigenvalue weighted by atomic mass is 35.5. The summed E-state index contributed by atoms with van der Waals surface area (Å²) in [4.78, 5) is 0. The lowest BCUT2D eigenvalue weighted by Gasteiger charge is -2.13. The molecule has 2 nitrogen and oxygen atoms in total. The molecule has 2 aromatic carbocycles. The summed E-state index contributed by atoms with van der Waals surface area (Å²) in [6.07, 6.45) is 0. The van der Waals surface area contributed by atoms with Gasteiger partial charge in [-0.1, -0.05) is 23.2 Å². The topological polar surface area (TPSA) is 21.3 Å². The van der Waals surface area contributed by atoms with Crippen molar-refractivity contribution >= 4 is 28.9 Å². The minimum atomic E-state index is -0.353. The first kappa shape index (κ1) is 14.9. The Morgan fingerprint density at radius 1 is 1.15 bits per heavy atom. The fraction of sp³-hybridized carbons (Fsp3) is 0.200. The fourth-order valence-electron chi connectivity index (χ4n) is 1.88. The van der Waals surface area contributed by atoms with E-state index in [1.165, 1.54) is 12.1 Å². The summed E-state index contributed by atoms with van der Waals surface area (Å²) in [5, 5.41) is 4.21. The van der Waals surface area contributed by atoms with E-state index in [0.29, 0.717) is 22.3 Å². The van der Waals surface area contributed by atoms with E-state index in [4.69, 9.17) is 27.9 Å². The zero-order valence-electron chi connectivity index (χ0n) is 11.1. The number of aryl methyl sites for hydroxylation is 1. The Morgan fingerprint density at radius 3 is 2.55 bits per heavy atom. The molecule has 20 heavy (non-hydrogen) atoms.